The number of hydrogen-bond donors (Lipinski definition) is 1. The lowest BCUT2D eigenvalue weighted by atomic mass is 10.2. The van der Waals surface area contributed by atoms with E-state index in [4.69, 9.17) is 0 Å². The van der Waals surface area contributed by atoms with Crippen molar-refractivity contribution in [1.29, 1.82) is 0 Å². The fourth-order valence-electron chi connectivity index (χ4n) is 1.82. The maximum absolute atomic E-state index is 12.1. The SMILES string of the molecule is CCC(C(=O)Nc1nnc(SCc2cccs2)s1)N(C)C. The summed E-state index contributed by atoms with van der Waals surface area (Å²) in [4.78, 5) is 15.3. The van der Waals surface area contributed by atoms with Gasteiger partial charge in [0.15, 0.2) is 4.34 Å². The summed E-state index contributed by atoms with van der Waals surface area (Å²) in [5, 5.41) is 13.6. The third kappa shape index (κ3) is 4.77. The number of likely N-dealkylation sites (N-methyl/N-ethyl adjacent to an activating group) is 1. The van der Waals surface area contributed by atoms with Crippen LogP contribution in [0.3, 0.4) is 0 Å². The van der Waals surface area contributed by atoms with Crippen LogP contribution in [0.15, 0.2) is 21.9 Å². The smallest absolute Gasteiger partial charge is 0.243 e. The molecule has 2 aromatic rings. The second-order valence-electron chi connectivity index (χ2n) is 4.62. The molecule has 2 rings (SSSR count). The first-order valence-electron chi connectivity index (χ1n) is 6.56. The van der Waals surface area contributed by atoms with E-state index in [1.165, 1.54) is 16.2 Å². The van der Waals surface area contributed by atoms with E-state index in [0.29, 0.717) is 5.13 Å². The molecule has 1 amide bonds. The maximum atomic E-state index is 12.1. The van der Waals surface area contributed by atoms with Crippen molar-refractivity contribution in [3.8, 4) is 0 Å². The van der Waals surface area contributed by atoms with E-state index in [0.717, 1.165) is 16.5 Å². The summed E-state index contributed by atoms with van der Waals surface area (Å²) in [6.45, 7) is 1.99. The maximum Gasteiger partial charge on any atom is 0.243 e. The molecular weight excluding hydrogens is 324 g/mol. The number of aromatic nitrogens is 2. The first kappa shape index (κ1) is 16.4. The Labute approximate surface area is 136 Å². The third-order valence-corrected chi connectivity index (χ3v) is 5.95. The van der Waals surface area contributed by atoms with Gasteiger partial charge in [-0.15, -0.1) is 21.5 Å². The van der Waals surface area contributed by atoms with E-state index in [2.05, 4.69) is 27.0 Å². The number of thioether (sulfide) groups is 1. The van der Waals surface area contributed by atoms with Gasteiger partial charge >= 0.3 is 0 Å². The molecule has 21 heavy (non-hydrogen) atoms. The van der Waals surface area contributed by atoms with Crippen LogP contribution in [-0.2, 0) is 10.5 Å². The minimum absolute atomic E-state index is 0.0338. The van der Waals surface area contributed by atoms with Gasteiger partial charge in [0.05, 0.1) is 6.04 Å². The number of carbonyl (C=O) groups is 1. The molecule has 0 spiro atoms. The fraction of sp³-hybridized carbons (Fsp3) is 0.462. The zero-order chi connectivity index (χ0) is 15.2. The van der Waals surface area contributed by atoms with Crippen molar-refractivity contribution in [3.05, 3.63) is 22.4 Å². The molecule has 0 bridgehead atoms. The average molecular weight is 343 g/mol. The number of nitrogens with one attached hydrogen (secondary N) is 1. The first-order valence-corrected chi connectivity index (χ1v) is 9.24. The van der Waals surface area contributed by atoms with E-state index in [9.17, 15) is 4.79 Å². The van der Waals surface area contributed by atoms with Crippen molar-refractivity contribution >= 4 is 45.5 Å². The summed E-state index contributed by atoms with van der Waals surface area (Å²) in [5.41, 5.74) is 0. The van der Waals surface area contributed by atoms with Gasteiger partial charge in [-0.3, -0.25) is 15.0 Å². The Morgan fingerprint density at radius 2 is 2.29 bits per heavy atom. The van der Waals surface area contributed by atoms with Gasteiger partial charge < -0.3 is 0 Å². The second kappa shape index (κ2) is 7.88. The minimum atomic E-state index is -0.142. The molecule has 0 aliphatic heterocycles. The highest BCUT2D eigenvalue weighted by Crippen LogP contribution is 2.29. The highest BCUT2D eigenvalue weighted by atomic mass is 32.2. The zero-order valence-corrected chi connectivity index (χ0v) is 14.6. The number of nitrogens with zero attached hydrogens (tertiary/aromatic N) is 3. The van der Waals surface area contributed by atoms with Gasteiger partial charge in [0, 0.05) is 10.6 Å². The minimum Gasteiger partial charge on any atom is -0.299 e. The molecule has 0 aliphatic carbocycles. The van der Waals surface area contributed by atoms with Crippen molar-refractivity contribution in [1.82, 2.24) is 15.1 Å². The van der Waals surface area contributed by atoms with Gasteiger partial charge in [0.25, 0.3) is 0 Å². The quantitative estimate of drug-likeness (QED) is 0.619. The Morgan fingerprint density at radius 3 is 2.90 bits per heavy atom. The molecule has 0 aliphatic rings. The number of thiophene rings is 1. The molecule has 0 fully saturated rings. The molecule has 2 heterocycles. The topological polar surface area (TPSA) is 58.1 Å². The monoisotopic (exact) mass is 342 g/mol. The molecule has 0 saturated carbocycles. The third-order valence-electron chi connectivity index (χ3n) is 2.87. The zero-order valence-electron chi connectivity index (χ0n) is 12.2. The van der Waals surface area contributed by atoms with Crippen LogP contribution < -0.4 is 5.32 Å². The predicted molar refractivity (Wildman–Crippen MR) is 90.2 cm³/mol. The highest BCUT2D eigenvalue weighted by molar-refractivity contribution is 8.00. The normalized spacial score (nSPS) is 12.6. The van der Waals surface area contributed by atoms with Gasteiger partial charge in [0.2, 0.25) is 11.0 Å². The summed E-state index contributed by atoms with van der Waals surface area (Å²) in [7, 11) is 3.80. The van der Waals surface area contributed by atoms with E-state index in [1.54, 1.807) is 23.1 Å². The van der Waals surface area contributed by atoms with E-state index < -0.39 is 0 Å². The molecule has 1 unspecified atom stereocenters. The van der Waals surface area contributed by atoms with E-state index in [1.807, 2.05) is 32.0 Å². The summed E-state index contributed by atoms with van der Waals surface area (Å²) in [5.74, 6) is 0.851. The van der Waals surface area contributed by atoms with Crippen LogP contribution in [0.4, 0.5) is 5.13 Å². The van der Waals surface area contributed by atoms with Gasteiger partial charge in [-0.1, -0.05) is 36.1 Å². The van der Waals surface area contributed by atoms with Crippen molar-refractivity contribution < 1.29 is 4.79 Å². The lowest BCUT2D eigenvalue weighted by molar-refractivity contribution is -0.120. The molecular formula is C13H18N4OS3. The van der Waals surface area contributed by atoms with E-state index >= 15 is 0 Å². The Morgan fingerprint density at radius 1 is 1.48 bits per heavy atom. The molecule has 5 nitrogen and oxygen atoms in total. The van der Waals surface area contributed by atoms with Crippen molar-refractivity contribution in [2.24, 2.45) is 0 Å². The molecule has 0 radical (unpaired) electrons. The van der Waals surface area contributed by atoms with E-state index in [-0.39, 0.29) is 11.9 Å². The largest absolute Gasteiger partial charge is 0.299 e. The molecule has 0 aromatic carbocycles. The molecule has 2 aromatic heterocycles. The van der Waals surface area contributed by atoms with Crippen LogP contribution in [0, 0.1) is 0 Å². The lowest BCUT2D eigenvalue weighted by Crippen LogP contribution is -2.39. The van der Waals surface area contributed by atoms with Crippen LogP contribution >= 0.6 is 34.4 Å². The number of hydrogen-bond acceptors (Lipinski definition) is 7. The average Bonchev–Trinajstić information content (AvgIpc) is 3.07. The summed E-state index contributed by atoms with van der Waals surface area (Å²) >= 11 is 4.79. The molecule has 1 N–H and O–H groups in total. The molecule has 8 heteroatoms. The summed E-state index contributed by atoms with van der Waals surface area (Å²) < 4.78 is 0.872. The number of amides is 1. The standard InChI is InChI=1S/C13H18N4OS3/c1-4-10(17(2)3)11(18)14-12-15-16-13(21-12)20-8-9-6-5-7-19-9/h5-7,10H,4,8H2,1-3H3,(H,14,15,18). The van der Waals surface area contributed by atoms with Crippen LogP contribution in [0.1, 0.15) is 18.2 Å². The van der Waals surface area contributed by atoms with Crippen molar-refractivity contribution in [2.45, 2.75) is 29.5 Å². The van der Waals surface area contributed by atoms with Crippen LogP contribution in [-0.4, -0.2) is 41.1 Å². The Balaban J connectivity index is 1.89. The summed E-state index contributed by atoms with van der Waals surface area (Å²) in [6, 6.07) is 4.00. The number of carbonyl (C=O) groups excluding carboxylic acids is 1. The number of rotatable bonds is 7. The Bertz CT molecular complexity index is 568. The van der Waals surface area contributed by atoms with Crippen LogP contribution in [0.2, 0.25) is 0 Å². The summed E-state index contributed by atoms with van der Waals surface area (Å²) in [6.07, 6.45) is 0.762. The van der Waals surface area contributed by atoms with Crippen molar-refractivity contribution in [3.63, 3.8) is 0 Å². The van der Waals surface area contributed by atoms with Gasteiger partial charge in [-0.25, -0.2) is 0 Å². The fourth-order valence-corrected chi connectivity index (χ4v) is 4.35. The second-order valence-corrected chi connectivity index (χ2v) is 7.85. The van der Waals surface area contributed by atoms with Gasteiger partial charge in [-0.2, -0.15) is 0 Å². The molecule has 114 valence electrons. The lowest BCUT2D eigenvalue weighted by Gasteiger charge is -2.20. The first-order chi connectivity index (χ1) is 10.1. The van der Waals surface area contributed by atoms with Gasteiger partial charge in [0.1, 0.15) is 0 Å². The predicted octanol–water partition coefficient (Wildman–Crippen LogP) is 3.17. The van der Waals surface area contributed by atoms with Crippen molar-refractivity contribution in [2.75, 3.05) is 19.4 Å². The molecule has 0 saturated heterocycles. The Hall–Kier alpha value is -0.960. The number of anilines is 1. The Kier molecular flexibility index (Phi) is 6.16. The van der Waals surface area contributed by atoms with Gasteiger partial charge in [-0.05, 0) is 32.0 Å². The van der Waals surface area contributed by atoms with Crippen LogP contribution in [0.25, 0.3) is 0 Å². The van der Waals surface area contributed by atoms with Crippen LogP contribution in [0.5, 0.6) is 0 Å². The molecule has 1 atom stereocenters. The highest BCUT2D eigenvalue weighted by Gasteiger charge is 2.20.